The molecule has 0 fully saturated rings. The molecule has 192 valence electrons. The molecule has 0 saturated carbocycles. The molecule has 3 aromatic carbocycles. The summed E-state index contributed by atoms with van der Waals surface area (Å²) >= 11 is 6.31. The first kappa shape index (κ1) is 26.3. The summed E-state index contributed by atoms with van der Waals surface area (Å²) in [6.07, 6.45) is -11.1. The van der Waals surface area contributed by atoms with Crippen molar-refractivity contribution in [3.8, 4) is 17.0 Å². The smallest absolute Gasteiger partial charge is 0.390 e. The maximum Gasteiger partial charge on any atom is 0.416 e. The minimum atomic E-state index is -5.01. The summed E-state index contributed by atoms with van der Waals surface area (Å²) in [7, 11) is 1.18. The molecule has 4 rings (SSSR count). The lowest BCUT2D eigenvalue weighted by Gasteiger charge is -2.20. The van der Waals surface area contributed by atoms with E-state index in [4.69, 9.17) is 16.3 Å². The Kier molecular flexibility index (Phi) is 7.05. The van der Waals surface area contributed by atoms with Crippen molar-refractivity contribution in [2.24, 2.45) is 0 Å². The number of amides is 1. The average molecular weight is 539 g/mol. The first-order valence-corrected chi connectivity index (χ1v) is 11.1. The summed E-state index contributed by atoms with van der Waals surface area (Å²) in [6, 6.07) is 17.0. The van der Waals surface area contributed by atoms with Crippen molar-refractivity contribution < 1.29 is 35.9 Å². The highest BCUT2D eigenvalue weighted by atomic mass is 35.5. The molecule has 0 saturated heterocycles. The van der Waals surface area contributed by atoms with Crippen LogP contribution in [0.3, 0.4) is 0 Å². The van der Waals surface area contributed by atoms with E-state index in [1.807, 2.05) is 0 Å². The number of hydrogen-bond donors (Lipinski definition) is 0. The van der Waals surface area contributed by atoms with Crippen molar-refractivity contribution in [1.29, 1.82) is 0 Å². The van der Waals surface area contributed by atoms with Gasteiger partial charge in [0.05, 0.1) is 16.7 Å². The quantitative estimate of drug-likeness (QED) is 0.194. The number of nitrogens with zero attached hydrogens (tertiary/aromatic N) is 2. The van der Waals surface area contributed by atoms with E-state index in [0.29, 0.717) is 34.0 Å². The number of aromatic nitrogens is 1. The van der Waals surface area contributed by atoms with Crippen molar-refractivity contribution in [3.05, 3.63) is 94.6 Å². The Bertz CT molecular complexity index is 1420. The van der Waals surface area contributed by atoms with Crippen molar-refractivity contribution in [1.82, 2.24) is 9.88 Å². The van der Waals surface area contributed by atoms with Crippen LogP contribution in [-0.2, 0) is 18.9 Å². The second-order valence-electron chi connectivity index (χ2n) is 8.13. The Hall–Kier alpha value is -3.79. The number of rotatable bonds is 4. The summed E-state index contributed by atoms with van der Waals surface area (Å²) < 4.78 is 84.6. The number of fused-ring (bicyclic) bond motifs is 1. The predicted molar refractivity (Wildman–Crippen MR) is 126 cm³/mol. The van der Waals surface area contributed by atoms with Gasteiger partial charge in [-0.15, -0.1) is 0 Å². The van der Waals surface area contributed by atoms with Gasteiger partial charge < -0.3 is 9.64 Å². The van der Waals surface area contributed by atoms with Crippen molar-refractivity contribution in [2.45, 2.75) is 18.9 Å². The minimum Gasteiger partial charge on any atom is -0.390 e. The number of hydrogen-bond acceptors (Lipinski definition) is 3. The summed E-state index contributed by atoms with van der Waals surface area (Å²) in [5.74, 6) is -0.160. The summed E-state index contributed by atoms with van der Waals surface area (Å²) in [4.78, 5) is 17.9. The van der Waals surface area contributed by atoms with E-state index < -0.39 is 36.1 Å². The first-order chi connectivity index (χ1) is 17.3. The molecule has 0 aliphatic heterocycles. The van der Waals surface area contributed by atoms with Gasteiger partial charge in [0.2, 0.25) is 5.88 Å². The van der Waals surface area contributed by atoms with Crippen molar-refractivity contribution >= 4 is 28.5 Å². The minimum absolute atomic E-state index is 0.0228. The second kappa shape index (κ2) is 9.93. The maximum atomic E-state index is 13.2. The fraction of sp³-hybridized carbons (Fsp3) is 0.154. The van der Waals surface area contributed by atoms with Gasteiger partial charge in [-0.05, 0) is 34.7 Å². The second-order valence-corrected chi connectivity index (χ2v) is 8.49. The first-order valence-electron chi connectivity index (χ1n) is 10.7. The molecule has 4 nitrogen and oxygen atoms in total. The summed E-state index contributed by atoms with van der Waals surface area (Å²) in [5, 5.41) is 1.28. The Balaban J connectivity index is 1.68. The monoisotopic (exact) mass is 538 g/mol. The molecule has 1 heterocycles. The van der Waals surface area contributed by atoms with E-state index in [0.717, 1.165) is 4.90 Å². The van der Waals surface area contributed by atoms with Crippen LogP contribution in [0.5, 0.6) is 5.88 Å². The number of carbonyl (C=O) groups excluding carboxylic acids is 1. The van der Waals surface area contributed by atoms with E-state index in [-0.39, 0.29) is 22.7 Å². The van der Waals surface area contributed by atoms with Gasteiger partial charge in [0.25, 0.3) is 0 Å². The average Bonchev–Trinajstić information content (AvgIpc) is 2.83. The lowest BCUT2D eigenvalue weighted by molar-refractivity contribution is -0.143. The van der Waals surface area contributed by atoms with E-state index in [1.54, 1.807) is 54.6 Å². The van der Waals surface area contributed by atoms with Crippen LogP contribution >= 0.6 is 11.6 Å². The molecule has 0 unspecified atom stereocenters. The summed E-state index contributed by atoms with van der Waals surface area (Å²) in [6.45, 7) is -0.589. The van der Waals surface area contributed by atoms with Crippen LogP contribution in [0.2, 0.25) is 5.15 Å². The van der Waals surface area contributed by atoms with Crippen LogP contribution in [0, 0.1) is 0 Å². The largest absolute Gasteiger partial charge is 0.416 e. The molecule has 1 amide bonds. The SMILES string of the molecule is CN(Cc1cc(C(F)(F)F)cc(C(F)(F)F)c1)C(=O)Oc1nc(Cl)c2ccccc2c1-c1ccccc1. The number of alkyl halides is 6. The van der Waals surface area contributed by atoms with Crippen molar-refractivity contribution in [2.75, 3.05) is 7.05 Å². The van der Waals surface area contributed by atoms with Crippen LogP contribution in [0.15, 0.2) is 72.8 Å². The Morgan fingerprint density at radius 2 is 1.41 bits per heavy atom. The molecule has 0 aliphatic rings. The molecule has 0 atom stereocenters. The van der Waals surface area contributed by atoms with Crippen LogP contribution in [-0.4, -0.2) is 23.0 Å². The van der Waals surface area contributed by atoms with Gasteiger partial charge in [-0.2, -0.15) is 31.3 Å². The Labute approximate surface area is 212 Å². The van der Waals surface area contributed by atoms with E-state index >= 15 is 0 Å². The summed E-state index contributed by atoms with van der Waals surface area (Å²) in [5.41, 5.74) is -2.24. The van der Waals surface area contributed by atoms with Crippen LogP contribution in [0.25, 0.3) is 21.9 Å². The molecular weight excluding hydrogens is 522 g/mol. The molecule has 4 aromatic rings. The van der Waals surface area contributed by atoms with Gasteiger partial charge in [-0.1, -0.05) is 66.2 Å². The van der Waals surface area contributed by atoms with Crippen molar-refractivity contribution in [3.63, 3.8) is 0 Å². The van der Waals surface area contributed by atoms with E-state index in [1.165, 1.54) is 7.05 Å². The highest BCUT2D eigenvalue weighted by Gasteiger charge is 2.37. The predicted octanol–water partition coefficient (Wildman–Crippen LogP) is 8.22. The standard InChI is InChI=1S/C26H17ClF6N2O2/c1-35(14-15-11-17(25(28,29)30)13-18(12-15)26(31,32)33)24(36)37-23-21(16-7-3-2-4-8-16)19-9-5-6-10-20(19)22(27)34-23/h2-13H,14H2,1H3. The van der Waals surface area contributed by atoms with Gasteiger partial charge in [0, 0.05) is 19.0 Å². The normalized spacial score (nSPS) is 12.0. The van der Waals surface area contributed by atoms with E-state index in [2.05, 4.69) is 4.98 Å². The highest BCUT2D eigenvalue weighted by molar-refractivity contribution is 6.35. The van der Waals surface area contributed by atoms with Crippen LogP contribution < -0.4 is 4.74 Å². The molecule has 0 spiro atoms. The third kappa shape index (κ3) is 5.80. The zero-order valence-corrected chi connectivity index (χ0v) is 19.7. The fourth-order valence-electron chi connectivity index (χ4n) is 3.77. The Morgan fingerprint density at radius 1 is 0.865 bits per heavy atom. The molecule has 0 radical (unpaired) electrons. The highest BCUT2D eigenvalue weighted by Crippen LogP contribution is 2.39. The molecule has 0 bridgehead atoms. The lowest BCUT2D eigenvalue weighted by atomic mass is 10.0. The maximum absolute atomic E-state index is 13.2. The number of pyridine rings is 1. The van der Waals surface area contributed by atoms with Gasteiger partial charge in [0.1, 0.15) is 5.15 Å². The number of ether oxygens (including phenoxy) is 1. The van der Waals surface area contributed by atoms with Crippen LogP contribution in [0.1, 0.15) is 16.7 Å². The topological polar surface area (TPSA) is 42.4 Å². The number of benzene rings is 3. The molecule has 1 aromatic heterocycles. The lowest BCUT2D eigenvalue weighted by Crippen LogP contribution is -2.30. The van der Waals surface area contributed by atoms with Crippen LogP contribution in [0.4, 0.5) is 31.1 Å². The molecular formula is C26H17ClF6N2O2. The van der Waals surface area contributed by atoms with Gasteiger partial charge in [-0.25, -0.2) is 4.79 Å². The molecule has 37 heavy (non-hydrogen) atoms. The van der Waals surface area contributed by atoms with Gasteiger partial charge in [-0.3, -0.25) is 0 Å². The Morgan fingerprint density at radius 3 is 1.97 bits per heavy atom. The fourth-order valence-corrected chi connectivity index (χ4v) is 4.01. The molecule has 0 aliphatic carbocycles. The van der Waals surface area contributed by atoms with Gasteiger partial charge >= 0.3 is 18.4 Å². The van der Waals surface area contributed by atoms with E-state index in [9.17, 15) is 31.1 Å². The third-order valence-electron chi connectivity index (χ3n) is 5.46. The zero-order chi connectivity index (χ0) is 27.0. The number of carbonyl (C=O) groups is 1. The molecule has 11 heteroatoms. The zero-order valence-electron chi connectivity index (χ0n) is 19.0. The third-order valence-corrected chi connectivity index (χ3v) is 5.75. The van der Waals surface area contributed by atoms with Gasteiger partial charge in [0.15, 0.2) is 0 Å². The molecule has 0 N–H and O–H groups in total. The number of halogens is 7.